The summed E-state index contributed by atoms with van der Waals surface area (Å²) >= 11 is 3.55. The van der Waals surface area contributed by atoms with E-state index in [1.54, 1.807) is 6.20 Å². The quantitative estimate of drug-likeness (QED) is 0.592. The molecule has 1 aliphatic heterocycles. The predicted molar refractivity (Wildman–Crippen MR) is 115 cm³/mol. The van der Waals surface area contributed by atoms with E-state index < -0.39 is 0 Å². The molecule has 1 amide bonds. The van der Waals surface area contributed by atoms with Crippen molar-refractivity contribution in [2.24, 2.45) is 0 Å². The average Bonchev–Trinajstić information content (AvgIpc) is 3.25. The molecule has 5 nitrogen and oxygen atoms in total. The Bertz CT molecular complexity index is 986. The topological polar surface area (TPSA) is 63.2 Å². The van der Waals surface area contributed by atoms with Crippen molar-refractivity contribution in [1.29, 1.82) is 0 Å². The van der Waals surface area contributed by atoms with Gasteiger partial charge in [0.1, 0.15) is 0 Å². The molecule has 1 fully saturated rings. The molecule has 1 unspecified atom stereocenters. The van der Waals surface area contributed by atoms with Crippen LogP contribution in [0.4, 0.5) is 5.69 Å². The fraction of sp³-hybridized carbons (Fsp3) is 0.273. The van der Waals surface area contributed by atoms with Crippen LogP contribution < -0.4 is 10.6 Å². The van der Waals surface area contributed by atoms with Crippen LogP contribution in [0, 0.1) is 0 Å². The van der Waals surface area contributed by atoms with Gasteiger partial charge in [-0.15, -0.1) is 0 Å². The summed E-state index contributed by atoms with van der Waals surface area (Å²) in [5.74, 6) is -0.0596. The van der Waals surface area contributed by atoms with Crippen molar-refractivity contribution >= 4 is 38.4 Å². The Kier molecular flexibility index (Phi) is 5.88. The highest BCUT2D eigenvalue weighted by Crippen LogP contribution is 2.27. The van der Waals surface area contributed by atoms with Crippen molar-refractivity contribution in [2.75, 3.05) is 18.5 Å². The van der Waals surface area contributed by atoms with E-state index in [-0.39, 0.29) is 12.0 Å². The molecular formula is C22H22BrN3O2. The van der Waals surface area contributed by atoms with Crippen LogP contribution in [0.3, 0.4) is 0 Å². The lowest BCUT2D eigenvalue weighted by Crippen LogP contribution is -2.31. The number of pyridine rings is 1. The number of carbonyl (C=O) groups excluding carboxylic acids is 1. The van der Waals surface area contributed by atoms with Crippen LogP contribution in [-0.4, -0.2) is 30.1 Å². The van der Waals surface area contributed by atoms with Crippen molar-refractivity contribution in [2.45, 2.75) is 25.5 Å². The van der Waals surface area contributed by atoms with Gasteiger partial charge in [-0.3, -0.25) is 9.78 Å². The van der Waals surface area contributed by atoms with Gasteiger partial charge in [0.05, 0.1) is 11.6 Å². The second kappa shape index (κ2) is 8.71. The molecule has 6 heteroatoms. The predicted octanol–water partition coefficient (Wildman–Crippen LogP) is 4.52. The molecule has 2 N–H and O–H groups in total. The minimum absolute atomic E-state index is 0.0596. The number of benzene rings is 2. The van der Waals surface area contributed by atoms with Crippen LogP contribution in [0.25, 0.3) is 10.9 Å². The molecule has 2 aromatic carbocycles. The molecule has 0 aliphatic carbocycles. The van der Waals surface area contributed by atoms with Crippen molar-refractivity contribution in [3.8, 4) is 0 Å². The largest absolute Gasteiger partial charge is 0.380 e. The number of ether oxygens (including phenoxy) is 1. The highest BCUT2D eigenvalue weighted by atomic mass is 79.9. The van der Waals surface area contributed by atoms with Crippen LogP contribution in [0.2, 0.25) is 0 Å². The maximum Gasteiger partial charge on any atom is 0.251 e. The minimum Gasteiger partial charge on any atom is -0.380 e. The molecule has 28 heavy (non-hydrogen) atoms. The first-order valence-corrected chi connectivity index (χ1v) is 10.3. The van der Waals surface area contributed by atoms with E-state index in [9.17, 15) is 4.79 Å². The molecule has 1 aliphatic rings. The molecule has 1 aromatic heterocycles. The van der Waals surface area contributed by atoms with Gasteiger partial charge in [0.25, 0.3) is 5.91 Å². The van der Waals surface area contributed by atoms with Crippen LogP contribution in [0.5, 0.6) is 0 Å². The molecule has 4 rings (SSSR count). The third-order valence-electron chi connectivity index (χ3n) is 4.91. The zero-order valence-electron chi connectivity index (χ0n) is 15.5. The third-order valence-corrected chi connectivity index (χ3v) is 5.55. The number of nitrogens with one attached hydrogen (secondary N) is 2. The van der Waals surface area contributed by atoms with E-state index in [2.05, 4.69) is 31.5 Å². The first kappa shape index (κ1) is 18.9. The number of rotatable bonds is 6. The summed E-state index contributed by atoms with van der Waals surface area (Å²) in [6, 6.07) is 15.7. The molecule has 2 heterocycles. The number of hydrogen-bond donors (Lipinski definition) is 2. The van der Waals surface area contributed by atoms with E-state index in [1.807, 2.05) is 48.5 Å². The molecule has 144 valence electrons. The highest BCUT2D eigenvalue weighted by Gasteiger charge is 2.16. The summed E-state index contributed by atoms with van der Waals surface area (Å²) < 4.78 is 6.53. The number of hydrogen-bond acceptors (Lipinski definition) is 4. The lowest BCUT2D eigenvalue weighted by molar-refractivity contribution is 0.0857. The summed E-state index contributed by atoms with van der Waals surface area (Å²) in [6.45, 7) is 1.99. The zero-order valence-corrected chi connectivity index (χ0v) is 17.0. The number of amides is 1. The van der Waals surface area contributed by atoms with E-state index >= 15 is 0 Å². The molecule has 1 saturated heterocycles. The average molecular weight is 440 g/mol. The lowest BCUT2D eigenvalue weighted by atomic mass is 10.1. The smallest absolute Gasteiger partial charge is 0.251 e. The molecular weight excluding hydrogens is 418 g/mol. The number of aromatic nitrogens is 1. The first-order chi connectivity index (χ1) is 13.7. The monoisotopic (exact) mass is 439 g/mol. The molecule has 1 atom stereocenters. The highest BCUT2D eigenvalue weighted by molar-refractivity contribution is 9.10. The summed E-state index contributed by atoms with van der Waals surface area (Å²) in [5.41, 5.74) is 3.65. The van der Waals surface area contributed by atoms with Crippen LogP contribution >= 0.6 is 15.9 Å². The normalized spacial score (nSPS) is 16.2. The molecule has 0 bridgehead atoms. The maximum absolute atomic E-state index is 12.4. The van der Waals surface area contributed by atoms with E-state index in [4.69, 9.17) is 4.74 Å². The van der Waals surface area contributed by atoms with Gasteiger partial charge in [-0.05, 0) is 58.6 Å². The summed E-state index contributed by atoms with van der Waals surface area (Å²) in [7, 11) is 0. The van der Waals surface area contributed by atoms with Crippen molar-refractivity contribution in [3.05, 3.63) is 70.3 Å². The number of para-hydroxylation sites is 1. The number of nitrogens with zero attached hydrogens (tertiary/aromatic N) is 1. The van der Waals surface area contributed by atoms with Gasteiger partial charge in [-0.25, -0.2) is 0 Å². The lowest BCUT2D eigenvalue weighted by Gasteiger charge is -2.12. The van der Waals surface area contributed by atoms with Gasteiger partial charge >= 0.3 is 0 Å². The number of anilines is 1. The van der Waals surface area contributed by atoms with Gasteiger partial charge in [0.2, 0.25) is 0 Å². The van der Waals surface area contributed by atoms with Gasteiger partial charge in [0.15, 0.2) is 0 Å². The Morgan fingerprint density at radius 2 is 2.11 bits per heavy atom. The van der Waals surface area contributed by atoms with Crippen molar-refractivity contribution in [1.82, 2.24) is 10.3 Å². The Balaban J connectivity index is 1.42. The Morgan fingerprint density at radius 3 is 2.96 bits per heavy atom. The Morgan fingerprint density at radius 1 is 1.21 bits per heavy atom. The molecule has 0 radical (unpaired) electrons. The molecule has 0 spiro atoms. The first-order valence-electron chi connectivity index (χ1n) is 9.46. The Hall–Kier alpha value is -2.44. The van der Waals surface area contributed by atoms with Gasteiger partial charge < -0.3 is 15.4 Å². The second-order valence-electron chi connectivity index (χ2n) is 6.89. The number of halogens is 1. The fourth-order valence-corrected chi connectivity index (χ4v) is 3.90. The fourth-order valence-electron chi connectivity index (χ4n) is 3.43. The summed E-state index contributed by atoms with van der Waals surface area (Å²) in [6.07, 6.45) is 4.03. The van der Waals surface area contributed by atoms with Crippen LogP contribution in [-0.2, 0) is 11.3 Å². The number of fused-ring (bicyclic) bond motifs is 1. The van der Waals surface area contributed by atoms with Crippen LogP contribution in [0.1, 0.15) is 28.8 Å². The SMILES string of the molecule is O=C(NCC1CCCO1)c1cccc(CNc2ccnc3c(Br)cccc23)c1. The van der Waals surface area contributed by atoms with Crippen LogP contribution in [0.15, 0.2) is 59.2 Å². The van der Waals surface area contributed by atoms with E-state index in [0.29, 0.717) is 18.7 Å². The van der Waals surface area contributed by atoms with Crippen molar-refractivity contribution < 1.29 is 9.53 Å². The molecule has 3 aromatic rings. The Labute approximate surface area is 172 Å². The van der Waals surface area contributed by atoms with Gasteiger partial charge in [-0.1, -0.05) is 24.3 Å². The minimum atomic E-state index is -0.0596. The molecule has 0 saturated carbocycles. The third kappa shape index (κ3) is 4.34. The second-order valence-corrected chi connectivity index (χ2v) is 7.75. The van der Waals surface area contributed by atoms with Crippen molar-refractivity contribution in [3.63, 3.8) is 0 Å². The van der Waals surface area contributed by atoms with E-state index in [0.717, 1.165) is 46.1 Å². The summed E-state index contributed by atoms with van der Waals surface area (Å²) in [4.78, 5) is 16.9. The van der Waals surface area contributed by atoms with E-state index in [1.165, 1.54) is 0 Å². The summed E-state index contributed by atoms with van der Waals surface area (Å²) in [5, 5.41) is 7.49. The van der Waals surface area contributed by atoms with Gasteiger partial charge in [0, 0.05) is 47.0 Å². The zero-order chi connectivity index (χ0) is 19.3. The van der Waals surface area contributed by atoms with Gasteiger partial charge in [-0.2, -0.15) is 0 Å². The standard InChI is InChI=1S/C22H22BrN3O2/c23-19-8-2-7-18-20(9-10-24-21(18)19)25-13-15-4-1-5-16(12-15)22(27)26-14-17-6-3-11-28-17/h1-2,4-5,7-10,12,17H,3,6,11,13-14H2,(H,24,25)(H,26,27). The number of carbonyl (C=O) groups is 1. The maximum atomic E-state index is 12.4.